The lowest BCUT2D eigenvalue weighted by Gasteiger charge is -2.26. The number of amides is 1. The molecule has 1 atom stereocenters. The molecule has 6 heteroatoms. The van der Waals surface area contributed by atoms with Gasteiger partial charge >= 0.3 is 0 Å². The zero-order valence-electron chi connectivity index (χ0n) is 16.6. The molecule has 1 amide bonds. The summed E-state index contributed by atoms with van der Waals surface area (Å²) in [4.78, 5) is 15.2. The first-order valence-corrected chi connectivity index (χ1v) is 10.5. The van der Waals surface area contributed by atoms with Gasteiger partial charge in [-0.3, -0.25) is 9.89 Å². The zero-order valence-corrected chi connectivity index (χ0v) is 17.4. The molecule has 0 bridgehead atoms. The molecule has 0 spiro atoms. The van der Waals surface area contributed by atoms with Crippen LogP contribution in [0.15, 0.2) is 78.9 Å². The molecule has 1 aromatic heterocycles. The van der Waals surface area contributed by atoms with E-state index in [-0.39, 0.29) is 17.7 Å². The van der Waals surface area contributed by atoms with Gasteiger partial charge in [-0.05, 0) is 41.8 Å². The number of H-pyrrole nitrogens is 1. The average molecular weight is 430 g/mol. The van der Waals surface area contributed by atoms with Crippen molar-refractivity contribution in [2.75, 3.05) is 6.54 Å². The van der Waals surface area contributed by atoms with Crippen molar-refractivity contribution in [3.63, 3.8) is 0 Å². The molecule has 2 N–H and O–H groups in total. The molecule has 3 aromatic carbocycles. The van der Waals surface area contributed by atoms with Crippen LogP contribution in [0.5, 0.6) is 5.75 Å². The van der Waals surface area contributed by atoms with Crippen LogP contribution >= 0.6 is 11.6 Å². The van der Waals surface area contributed by atoms with Gasteiger partial charge < -0.3 is 10.0 Å². The van der Waals surface area contributed by atoms with Gasteiger partial charge in [-0.1, -0.05) is 66.2 Å². The lowest BCUT2D eigenvalue weighted by atomic mass is 9.96. The molecule has 5 rings (SSSR count). The highest BCUT2D eigenvalue weighted by molar-refractivity contribution is 6.30. The van der Waals surface area contributed by atoms with Gasteiger partial charge in [0, 0.05) is 22.7 Å². The van der Waals surface area contributed by atoms with Gasteiger partial charge in [-0.2, -0.15) is 5.10 Å². The highest BCUT2D eigenvalue weighted by Crippen LogP contribution is 2.43. The van der Waals surface area contributed by atoms with Gasteiger partial charge in [0.15, 0.2) is 0 Å². The van der Waals surface area contributed by atoms with E-state index in [1.165, 1.54) is 5.56 Å². The Kier molecular flexibility index (Phi) is 4.96. The molecule has 0 saturated heterocycles. The summed E-state index contributed by atoms with van der Waals surface area (Å²) in [5.74, 6) is 0.117. The summed E-state index contributed by atoms with van der Waals surface area (Å²) in [6, 6.07) is 24.3. The van der Waals surface area contributed by atoms with Gasteiger partial charge in [-0.15, -0.1) is 0 Å². The maximum absolute atomic E-state index is 13.4. The number of fused-ring (bicyclic) bond motifs is 1. The number of aromatic nitrogens is 2. The number of rotatable bonds is 5. The zero-order chi connectivity index (χ0) is 21.4. The van der Waals surface area contributed by atoms with Gasteiger partial charge in [0.25, 0.3) is 5.91 Å². The largest absolute Gasteiger partial charge is 0.508 e. The molecule has 5 nitrogen and oxygen atoms in total. The summed E-state index contributed by atoms with van der Waals surface area (Å²) in [6.07, 6.45) is 0.745. The van der Waals surface area contributed by atoms with Crippen molar-refractivity contribution in [2.24, 2.45) is 0 Å². The minimum Gasteiger partial charge on any atom is -0.508 e. The molecule has 0 saturated carbocycles. The van der Waals surface area contributed by atoms with Gasteiger partial charge in [0.05, 0.1) is 11.7 Å². The topological polar surface area (TPSA) is 69.2 Å². The van der Waals surface area contributed by atoms with Crippen molar-refractivity contribution in [3.8, 4) is 17.0 Å². The molecule has 154 valence electrons. The number of nitrogens with zero attached hydrogens (tertiary/aromatic N) is 2. The second-order valence-corrected chi connectivity index (χ2v) is 8.03. The van der Waals surface area contributed by atoms with Crippen molar-refractivity contribution < 1.29 is 9.90 Å². The van der Waals surface area contributed by atoms with Crippen LogP contribution in [0.25, 0.3) is 11.3 Å². The van der Waals surface area contributed by atoms with Crippen LogP contribution in [0.1, 0.15) is 33.2 Å². The fourth-order valence-electron chi connectivity index (χ4n) is 4.15. The Morgan fingerprint density at radius 3 is 2.39 bits per heavy atom. The molecule has 0 fully saturated rings. The maximum atomic E-state index is 13.4. The number of carbonyl (C=O) groups is 1. The number of carbonyl (C=O) groups excluding carboxylic acids is 1. The maximum Gasteiger partial charge on any atom is 0.273 e. The number of phenols is 1. The highest BCUT2D eigenvalue weighted by Gasteiger charge is 2.41. The predicted octanol–water partition coefficient (Wildman–Crippen LogP) is 5.22. The van der Waals surface area contributed by atoms with E-state index in [9.17, 15) is 9.90 Å². The molecular weight excluding hydrogens is 410 g/mol. The Balaban J connectivity index is 1.57. The summed E-state index contributed by atoms with van der Waals surface area (Å²) in [7, 11) is 0. The second kappa shape index (κ2) is 7.93. The third kappa shape index (κ3) is 3.57. The lowest BCUT2D eigenvalue weighted by molar-refractivity contribution is 0.0746. The van der Waals surface area contributed by atoms with E-state index in [0.29, 0.717) is 17.3 Å². The van der Waals surface area contributed by atoms with Crippen molar-refractivity contribution in [2.45, 2.75) is 12.5 Å². The van der Waals surface area contributed by atoms with E-state index in [2.05, 4.69) is 22.3 Å². The number of aromatic hydroxyl groups is 1. The standard InChI is InChI=1S/C25H20ClN3O2/c26-19-10-6-17(7-11-19)22-21-23(28-27-22)25(31)29(15-14-16-4-2-1-3-5-16)24(21)18-8-12-20(30)13-9-18/h1-13,24,30H,14-15H2,(H,27,28). The van der Waals surface area contributed by atoms with Gasteiger partial charge in [0.2, 0.25) is 0 Å². The van der Waals surface area contributed by atoms with Crippen molar-refractivity contribution in [1.82, 2.24) is 15.1 Å². The third-order valence-corrected chi connectivity index (χ3v) is 5.93. The van der Waals surface area contributed by atoms with Crippen LogP contribution in [0.4, 0.5) is 0 Å². The second-order valence-electron chi connectivity index (χ2n) is 7.60. The van der Waals surface area contributed by atoms with Crippen molar-refractivity contribution in [3.05, 3.63) is 106 Å². The summed E-state index contributed by atoms with van der Waals surface area (Å²) in [5, 5.41) is 17.9. The predicted molar refractivity (Wildman–Crippen MR) is 120 cm³/mol. The number of benzene rings is 3. The Hall–Kier alpha value is -3.57. The molecule has 0 aliphatic carbocycles. The molecule has 1 aliphatic heterocycles. The van der Waals surface area contributed by atoms with Gasteiger partial charge in [-0.25, -0.2) is 0 Å². The number of nitrogens with one attached hydrogen (secondary N) is 1. The normalized spacial score (nSPS) is 15.3. The first-order chi connectivity index (χ1) is 15.1. The van der Waals surface area contributed by atoms with Crippen molar-refractivity contribution in [1.29, 1.82) is 0 Å². The van der Waals surface area contributed by atoms with Crippen LogP contribution in [-0.2, 0) is 6.42 Å². The Morgan fingerprint density at radius 1 is 0.968 bits per heavy atom. The third-order valence-electron chi connectivity index (χ3n) is 5.67. The summed E-state index contributed by atoms with van der Waals surface area (Å²) in [6.45, 7) is 0.566. The summed E-state index contributed by atoms with van der Waals surface area (Å²) < 4.78 is 0. The van der Waals surface area contributed by atoms with E-state index in [1.807, 2.05) is 59.5 Å². The molecule has 0 radical (unpaired) electrons. The number of hydrogen-bond acceptors (Lipinski definition) is 3. The first kappa shape index (κ1) is 19.4. The number of aromatic amines is 1. The number of hydrogen-bond donors (Lipinski definition) is 2. The lowest BCUT2D eigenvalue weighted by Crippen LogP contribution is -2.31. The van der Waals surface area contributed by atoms with E-state index < -0.39 is 0 Å². The van der Waals surface area contributed by atoms with Crippen LogP contribution in [0.3, 0.4) is 0 Å². The summed E-state index contributed by atoms with van der Waals surface area (Å²) in [5.41, 5.74) is 5.09. The van der Waals surface area contributed by atoms with Crippen LogP contribution in [0.2, 0.25) is 5.02 Å². The molecule has 31 heavy (non-hydrogen) atoms. The smallest absolute Gasteiger partial charge is 0.273 e. The minimum atomic E-state index is -0.295. The number of phenolic OH excluding ortho intramolecular Hbond substituents is 1. The average Bonchev–Trinajstić information content (AvgIpc) is 3.33. The number of halogens is 1. The van der Waals surface area contributed by atoms with E-state index in [4.69, 9.17) is 11.6 Å². The highest BCUT2D eigenvalue weighted by atomic mass is 35.5. The van der Waals surface area contributed by atoms with Gasteiger partial charge in [0.1, 0.15) is 11.4 Å². The van der Waals surface area contributed by atoms with Crippen molar-refractivity contribution >= 4 is 17.5 Å². The Labute approximate surface area is 184 Å². The molecule has 4 aromatic rings. The fourth-order valence-corrected chi connectivity index (χ4v) is 4.28. The Morgan fingerprint density at radius 2 is 1.68 bits per heavy atom. The van der Waals surface area contributed by atoms with Crippen LogP contribution in [-0.4, -0.2) is 32.7 Å². The summed E-state index contributed by atoms with van der Waals surface area (Å²) >= 11 is 6.06. The van der Waals surface area contributed by atoms with E-state index in [0.717, 1.165) is 28.8 Å². The fraction of sp³-hybridized carbons (Fsp3) is 0.120. The molecule has 1 unspecified atom stereocenters. The Bertz CT molecular complexity index is 1220. The minimum absolute atomic E-state index is 0.0725. The molecular formula is C25H20ClN3O2. The first-order valence-electron chi connectivity index (χ1n) is 10.1. The van der Waals surface area contributed by atoms with E-state index >= 15 is 0 Å². The SMILES string of the molecule is O=C1c2[nH]nc(-c3ccc(Cl)cc3)c2C(c2ccc(O)cc2)N1CCc1ccccc1. The monoisotopic (exact) mass is 429 g/mol. The van der Waals surface area contributed by atoms with Crippen LogP contribution in [0, 0.1) is 0 Å². The molecule has 2 heterocycles. The van der Waals surface area contributed by atoms with Crippen LogP contribution < -0.4 is 0 Å². The molecule has 1 aliphatic rings. The quantitative estimate of drug-likeness (QED) is 0.456. The van der Waals surface area contributed by atoms with E-state index in [1.54, 1.807) is 12.1 Å².